The number of ketones is 1. The van der Waals surface area contributed by atoms with Gasteiger partial charge in [0.05, 0.1) is 11.6 Å². The summed E-state index contributed by atoms with van der Waals surface area (Å²) in [4.78, 5) is 23.9. The zero-order valence-corrected chi connectivity index (χ0v) is 17.4. The van der Waals surface area contributed by atoms with E-state index in [4.69, 9.17) is 16.6 Å². The van der Waals surface area contributed by atoms with Gasteiger partial charge < -0.3 is 10.0 Å². The zero-order chi connectivity index (χ0) is 20.6. The third-order valence-corrected chi connectivity index (χ3v) is 5.58. The second-order valence-electron chi connectivity index (χ2n) is 8.25. The summed E-state index contributed by atoms with van der Waals surface area (Å²) in [5, 5.41) is 11.3. The number of nitrogens with zero attached hydrogens (tertiary/aromatic N) is 3. The minimum absolute atomic E-state index is 0.0790. The summed E-state index contributed by atoms with van der Waals surface area (Å²) in [6.45, 7) is 4.15. The van der Waals surface area contributed by atoms with E-state index in [-0.39, 0.29) is 11.8 Å². The van der Waals surface area contributed by atoms with Crippen LogP contribution in [0.1, 0.15) is 50.3 Å². The van der Waals surface area contributed by atoms with Gasteiger partial charge in [0.25, 0.3) is 0 Å². The molecule has 1 atom stereocenters. The van der Waals surface area contributed by atoms with E-state index in [0.717, 1.165) is 16.8 Å². The molecule has 0 saturated heterocycles. The molecule has 0 amide bonds. The number of hydrogen-bond donors (Lipinski definition) is 1. The van der Waals surface area contributed by atoms with Crippen LogP contribution in [0.3, 0.4) is 0 Å². The molecule has 0 spiro atoms. The smallest absolute Gasteiger partial charge is 0.163 e. The number of pyridine rings is 2. The molecule has 5 nitrogen and oxygen atoms in total. The van der Waals surface area contributed by atoms with E-state index in [1.807, 2.05) is 30.3 Å². The molecule has 3 aromatic rings. The van der Waals surface area contributed by atoms with Gasteiger partial charge in [-0.15, -0.1) is 0 Å². The summed E-state index contributed by atoms with van der Waals surface area (Å²) in [5.41, 5.74) is 2.12. The van der Waals surface area contributed by atoms with E-state index >= 15 is 0 Å². The maximum absolute atomic E-state index is 12.7. The SMILES string of the molecule is CC(C)(O)CCC(=O)CC1c2ccccc2CN1c1ccc2ccc(Cl)nc2n1. The minimum Gasteiger partial charge on any atom is -0.390 e. The van der Waals surface area contributed by atoms with Crippen LogP contribution in [0.5, 0.6) is 0 Å². The number of benzene rings is 1. The number of hydrogen-bond acceptors (Lipinski definition) is 5. The van der Waals surface area contributed by atoms with Gasteiger partial charge in [-0.3, -0.25) is 4.79 Å². The molecule has 1 aliphatic heterocycles. The number of Topliss-reactive ketones (excluding diaryl/α,β-unsaturated/α-hetero) is 1. The highest BCUT2D eigenvalue weighted by atomic mass is 35.5. The number of rotatable bonds is 6. The number of aliphatic hydroxyl groups is 1. The highest BCUT2D eigenvalue weighted by Gasteiger charge is 2.32. The van der Waals surface area contributed by atoms with Crippen molar-refractivity contribution in [2.24, 2.45) is 0 Å². The van der Waals surface area contributed by atoms with Crippen molar-refractivity contribution in [1.29, 1.82) is 0 Å². The molecule has 1 aliphatic rings. The summed E-state index contributed by atoms with van der Waals surface area (Å²) >= 11 is 6.04. The molecule has 150 valence electrons. The Morgan fingerprint density at radius 2 is 1.93 bits per heavy atom. The van der Waals surface area contributed by atoms with E-state index in [9.17, 15) is 9.90 Å². The van der Waals surface area contributed by atoms with Gasteiger partial charge in [0.1, 0.15) is 16.8 Å². The van der Waals surface area contributed by atoms with E-state index < -0.39 is 5.60 Å². The molecule has 3 heterocycles. The van der Waals surface area contributed by atoms with E-state index in [1.54, 1.807) is 19.9 Å². The minimum atomic E-state index is -0.840. The molecule has 6 heteroatoms. The fourth-order valence-electron chi connectivity index (χ4n) is 3.81. The topological polar surface area (TPSA) is 66.3 Å². The predicted molar refractivity (Wildman–Crippen MR) is 115 cm³/mol. The van der Waals surface area contributed by atoms with E-state index in [1.165, 1.54) is 5.56 Å². The van der Waals surface area contributed by atoms with Crippen molar-refractivity contribution in [2.75, 3.05) is 4.90 Å². The fourth-order valence-corrected chi connectivity index (χ4v) is 3.96. The van der Waals surface area contributed by atoms with Crippen molar-refractivity contribution < 1.29 is 9.90 Å². The first kappa shape index (κ1) is 19.8. The summed E-state index contributed by atoms with van der Waals surface area (Å²) in [6.07, 6.45) is 1.20. The zero-order valence-electron chi connectivity index (χ0n) is 16.6. The molecule has 0 fully saturated rings. The predicted octanol–water partition coefficient (Wildman–Crippen LogP) is 4.85. The fraction of sp³-hybridized carbons (Fsp3) is 0.348. The summed E-state index contributed by atoms with van der Waals surface area (Å²) in [7, 11) is 0. The van der Waals surface area contributed by atoms with Crippen LogP contribution in [-0.2, 0) is 11.3 Å². The Morgan fingerprint density at radius 1 is 1.17 bits per heavy atom. The lowest BCUT2D eigenvalue weighted by molar-refractivity contribution is -0.120. The van der Waals surface area contributed by atoms with Gasteiger partial charge in [0.2, 0.25) is 0 Å². The van der Waals surface area contributed by atoms with Gasteiger partial charge in [-0.1, -0.05) is 35.9 Å². The average Bonchev–Trinajstić information content (AvgIpc) is 3.04. The molecule has 4 rings (SSSR count). The largest absolute Gasteiger partial charge is 0.390 e. The lowest BCUT2D eigenvalue weighted by Crippen LogP contribution is -2.26. The summed E-state index contributed by atoms with van der Waals surface area (Å²) in [5.74, 6) is 0.921. The number of aromatic nitrogens is 2. The van der Waals surface area contributed by atoms with Crippen molar-refractivity contribution in [2.45, 2.75) is 51.3 Å². The second kappa shape index (κ2) is 7.73. The van der Waals surface area contributed by atoms with Crippen molar-refractivity contribution in [1.82, 2.24) is 9.97 Å². The Morgan fingerprint density at radius 3 is 2.72 bits per heavy atom. The van der Waals surface area contributed by atoms with Crippen molar-refractivity contribution in [3.05, 3.63) is 64.8 Å². The Bertz CT molecular complexity index is 1060. The molecule has 0 saturated carbocycles. The highest BCUT2D eigenvalue weighted by Crippen LogP contribution is 2.39. The maximum atomic E-state index is 12.7. The van der Waals surface area contributed by atoms with Crippen LogP contribution in [-0.4, -0.2) is 26.5 Å². The molecule has 1 aromatic carbocycles. The van der Waals surface area contributed by atoms with Gasteiger partial charge in [-0.05, 0) is 55.7 Å². The second-order valence-corrected chi connectivity index (χ2v) is 8.64. The third-order valence-electron chi connectivity index (χ3n) is 5.37. The number of anilines is 1. The van der Waals surface area contributed by atoms with Gasteiger partial charge in [0, 0.05) is 24.8 Å². The van der Waals surface area contributed by atoms with Gasteiger partial charge in [-0.2, -0.15) is 0 Å². The van der Waals surface area contributed by atoms with Gasteiger partial charge >= 0.3 is 0 Å². The van der Waals surface area contributed by atoms with Crippen molar-refractivity contribution in [3.63, 3.8) is 0 Å². The third kappa shape index (κ3) is 4.41. The number of carbonyl (C=O) groups is 1. The van der Waals surface area contributed by atoms with Gasteiger partial charge in [-0.25, -0.2) is 9.97 Å². The van der Waals surface area contributed by atoms with Crippen LogP contribution in [0.2, 0.25) is 5.15 Å². The highest BCUT2D eigenvalue weighted by molar-refractivity contribution is 6.29. The Hall–Kier alpha value is -2.50. The molecular weight excluding hydrogens is 386 g/mol. The first-order valence-corrected chi connectivity index (χ1v) is 10.2. The Labute approximate surface area is 175 Å². The van der Waals surface area contributed by atoms with Crippen LogP contribution in [0.25, 0.3) is 11.0 Å². The molecule has 2 aromatic heterocycles. The molecule has 29 heavy (non-hydrogen) atoms. The van der Waals surface area contributed by atoms with Crippen LogP contribution < -0.4 is 4.90 Å². The molecule has 0 bridgehead atoms. The first-order chi connectivity index (χ1) is 13.8. The lowest BCUT2D eigenvalue weighted by Gasteiger charge is -2.26. The monoisotopic (exact) mass is 409 g/mol. The van der Waals surface area contributed by atoms with Crippen LogP contribution >= 0.6 is 11.6 Å². The molecule has 0 aliphatic carbocycles. The quantitative estimate of drug-likeness (QED) is 0.589. The first-order valence-electron chi connectivity index (χ1n) is 9.82. The number of fused-ring (bicyclic) bond motifs is 2. The Kier molecular flexibility index (Phi) is 5.28. The standard InChI is InChI=1S/C23H24ClN3O2/c1-23(2,29)12-11-17(28)13-19-18-6-4-3-5-16(18)14-27(19)21-10-8-15-7-9-20(24)25-22(15)26-21/h3-10,19,29H,11-14H2,1-2H3. The van der Waals surface area contributed by atoms with Crippen molar-refractivity contribution in [3.8, 4) is 0 Å². The van der Waals surface area contributed by atoms with Crippen LogP contribution in [0.15, 0.2) is 48.5 Å². The maximum Gasteiger partial charge on any atom is 0.163 e. The van der Waals surface area contributed by atoms with E-state index in [0.29, 0.717) is 36.6 Å². The van der Waals surface area contributed by atoms with Crippen LogP contribution in [0, 0.1) is 0 Å². The Balaban J connectivity index is 1.64. The molecule has 1 N–H and O–H groups in total. The summed E-state index contributed by atoms with van der Waals surface area (Å²) < 4.78 is 0. The summed E-state index contributed by atoms with van der Waals surface area (Å²) in [6, 6.07) is 15.7. The normalized spacial score (nSPS) is 16.3. The number of halogens is 1. The molecule has 0 radical (unpaired) electrons. The molecule has 1 unspecified atom stereocenters. The van der Waals surface area contributed by atoms with Crippen molar-refractivity contribution >= 4 is 34.2 Å². The average molecular weight is 410 g/mol. The number of carbonyl (C=O) groups excluding carboxylic acids is 1. The lowest BCUT2D eigenvalue weighted by atomic mass is 9.95. The van der Waals surface area contributed by atoms with Crippen LogP contribution in [0.4, 0.5) is 5.82 Å². The van der Waals surface area contributed by atoms with E-state index in [2.05, 4.69) is 22.0 Å². The van der Waals surface area contributed by atoms with Gasteiger partial charge in [0.15, 0.2) is 5.65 Å². The molecular formula is C23H24ClN3O2.